The maximum atomic E-state index is 12.8. The molecule has 0 bridgehead atoms. The smallest absolute Gasteiger partial charge is 0.227 e. The lowest BCUT2D eigenvalue weighted by atomic mass is 9.71. The van der Waals surface area contributed by atoms with Crippen LogP contribution in [0.1, 0.15) is 18.4 Å². The van der Waals surface area contributed by atoms with Gasteiger partial charge in [0.2, 0.25) is 5.91 Å². The molecular weight excluding hydrogens is 344 g/mol. The SMILES string of the molecule is COCCN1CC(CO)C2(CCN(C(=O)Cc3ccccc3OC)CC2)C1. The number of amides is 1. The van der Waals surface area contributed by atoms with Crippen molar-refractivity contribution in [3.63, 3.8) is 0 Å². The largest absolute Gasteiger partial charge is 0.496 e. The molecule has 2 aliphatic rings. The van der Waals surface area contributed by atoms with Gasteiger partial charge >= 0.3 is 0 Å². The highest BCUT2D eigenvalue weighted by atomic mass is 16.5. The van der Waals surface area contributed by atoms with Crippen molar-refractivity contribution in [1.29, 1.82) is 0 Å². The van der Waals surface area contributed by atoms with Gasteiger partial charge in [-0.3, -0.25) is 4.79 Å². The third kappa shape index (κ3) is 4.45. The molecule has 2 aliphatic heterocycles. The Morgan fingerprint density at radius 3 is 2.67 bits per heavy atom. The number of carbonyl (C=O) groups is 1. The van der Waals surface area contributed by atoms with Crippen LogP contribution in [0.25, 0.3) is 0 Å². The van der Waals surface area contributed by atoms with Gasteiger partial charge in [-0.1, -0.05) is 18.2 Å². The van der Waals surface area contributed by atoms with Crippen LogP contribution in [0.15, 0.2) is 24.3 Å². The molecule has 150 valence electrons. The van der Waals surface area contributed by atoms with Crippen molar-refractivity contribution in [3.8, 4) is 5.75 Å². The van der Waals surface area contributed by atoms with Crippen LogP contribution in [0.4, 0.5) is 0 Å². The first-order valence-electron chi connectivity index (χ1n) is 9.83. The molecule has 3 rings (SSSR count). The molecule has 1 aromatic rings. The number of hydrogen-bond acceptors (Lipinski definition) is 5. The highest BCUT2D eigenvalue weighted by molar-refractivity contribution is 5.79. The summed E-state index contributed by atoms with van der Waals surface area (Å²) in [6.07, 6.45) is 2.29. The lowest BCUT2D eigenvalue weighted by molar-refractivity contribution is -0.133. The number of nitrogens with zero attached hydrogens (tertiary/aromatic N) is 2. The first kappa shape index (κ1) is 20.1. The molecule has 27 heavy (non-hydrogen) atoms. The first-order valence-corrected chi connectivity index (χ1v) is 9.83. The number of para-hydroxylation sites is 1. The van der Waals surface area contributed by atoms with Crippen molar-refractivity contribution >= 4 is 5.91 Å². The number of aliphatic hydroxyl groups excluding tert-OH is 1. The summed E-state index contributed by atoms with van der Waals surface area (Å²) in [5, 5.41) is 9.90. The predicted octanol–water partition coefficient (Wildman–Crippen LogP) is 1.42. The van der Waals surface area contributed by atoms with Crippen LogP contribution in [0, 0.1) is 11.3 Å². The number of ether oxygens (including phenoxy) is 2. The first-order chi connectivity index (χ1) is 13.1. The summed E-state index contributed by atoms with van der Waals surface area (Å²) in [4.78, 5) is 17.2. The molecule has 1 atom stereocenters. The summed E-state index contributed by atoms with van der Waals surface area (Å²) in [6.45, 7) is 5.30. The molecule has 6 nitrogen and oxygen atoms in total. The average Bonchev–Trinajstić information content (AvgIpc) is 3.04. The third-order valence-corrected chi connectivity index (χ3v) is 6.36. The van der Waals surface area contributed by atoms with E-state index in [2.05, 4.69) is 4.90 Å². The Labute approximate surface area is 162 Å². The second-order valence-electron chi connectivity index (χ2n) is 7.84. The standard InChI is InChI=1S/C21H32N2O4/c1-26-12-11-22-14-18(15-24)21(16-22)7-9-23(10-8-21)20(25)13-17-5-3-4-6-19(17)27-2/h3-6,18,24H,7-16H2,1-2H3. The van der Waals surface area contributed by atoms with Gasteiger partial charge < -0.3 is 24.4 Å². The lowest BCUT2D eigenvalue weighted by Crippen LogP contribution is -2.47. The van der Waals surface area contributed by atoms with E-state index in [1.54, 1.807) is 14.2 Å². The zero-order valence-corrected chi connectivity index (χ0v) is 16.5. The normalized spacial score (nSPS) is 22.3. The zero-order chi connectivity index (χ0) is 19.3. The molecule has 0 radical (unpaired) electrons. The Kier molecular flexibility index (Phi) is 6.73. The van der Waals surface area contributed by atoms with E-state index in [9.17, 15) is 9.90 Å². The van der Waals surface area contributed by atoms with Crippen LogP contribution >= 0.6 is 0 Å². The van der Waals surface area contributed by atoms with Gasteiger partial charge in [0, 0.05) is 57.9 Å². The minimum absolute atomic E-state index is 0.129. The van der Waals surface area contributed by atoms with Gasteiger partial charge in [0.05, 0.1) is 20.1 Å². The van der Waals surface area contributed by atoms with E-state index in [4.69, 9.17) is 9.47 Å². The number of piperidine rings is 1. The Bertz CT molecular complexity index is 628. The molecule has 0 aliphatic carbocycles. The summed E-state index contributed by atoms with van der Waals surface area (Å²) < 4.78 is 10.6. The Morgan fingerprint density at radius 2 is 2.00 bits per heavy atom. The van der Waals surface area contributed by atoms with Gasteiger partial charge in [-0.2, -0.15) is 0 Å². The van der Waals surface area contributed by atoms with Gasteiger partial charge in [0.1, 0.15) is 5.75 Å². The molecule has 2 fully saturated rings. The van der Waals surface area contributed by atoms with Crippen molar-refractivity contribution in [1.82, 2.24) is 9.80 Å². The molecule has 1 unspecified atom stereocenters. The maximum absolute atomic E-state index is 12.8. The number of rotatable bonds is 7. The molecule has 0 aromatic heterocycles. The zero-order valence-electron chi connectivity index (χ0n) is 16.5. The van der Waals surface area contributed by atoms with E-state index >= 15 is 0 Å². The second-order valence-corrected chi connectivity index (χ2v) is 7.84. The van der Waals surface area contributed by atoms with Gasteiger partial charge in [0.25, 0.3) is 0 Å². The fourth-order valence-corrected chi connectivity index (χ4v) is 4.68. The number of carbonyl (C=O) groups excluding carboxylic acids is 1. The van der Waals surface area contributed by atoms with Gasteiger partial charge in [0.15, 0.2) is 0 Å². The molecule has 1 N–H and O–H groups in total. The van der Waals surface area contributed by atoms with E-state index in [0.717, 1.165) is 63.5 Å². The van der Waals surface area contributed by atoms with Crippen molar-refractivity contribution in [2.24, 2.45) is 11.3 Å². The molecule has 6 heteroatoms. The summed E-state index contributed by atoms with van der Waals surface area (Å²) in [7, 11) is 3.36. The number of likely N-dealkylation sites (tertiary alicyclic amines) is 2. The van der Waals surface area contributed by atoms with Gasteiger partial charge in [-0.05, 0) is 24.3 Å². The Balaban J connectivity index is 1.58. The molecule has 1 spiro atoms. The average molecular weight is 376 g/mol. The third-order valence-electron chi connectivity index (χ3n) is 6.36. The van der Waals surface area contributed by atoms with Crippen LogP contribution in [0.3, 0.4) is 0 Å². The highest BCUT2D eigenvalue weighted by Gasteiger charge is 2.47. The van der Waals surface area contributed by atoms with E-state index in [1.165, 1.54) is 0 Å². The predicted molar refractivity (Wildman–Crippen MR) is 104 cm³/mol. The summed E-state index contributed by atoms with van der Waals surface area (Å²) in [5.74, 6) is 1.22. The van der Waals surface area contributed by atoms with Crippen molar-refractivity contribution < 1.29 is 19.4 Å². The number of benzene rings is 1. The molecule has 1 aromatic carbocycles. The van der Waals surface area contributed by atoms with Crippen molar-refractivity contribution in [2.45, 2.75) is 19.3 Å². The van der Waals surface area contributed by atoms with Crippen molar-refractivity contribution in [3.05, 3.63) is 29.8 Å². The molecular formula is C21H32N2O4. The lowest BCUT2D eigenvalue weighted by Gasteiger charge is -2.42. The molecule has 1 amide bonds. The summed E-state index contributed by atoms with van der Waals surface area (Å²) in [5.41, 5.74) is 1.06. The van der Waals surface area contributed by atoms with Gasteiger partial charge in [-0.25, -0.2) is 0 Å². The highest BCUT2D eigenvalue weighted by Crippen LogP contribution is 2.44. The van der Waals surface area contributed by atoms with Crippen molar-refractivity contribution in [2.75, 3.05) is 60.2 Å². The summed E-state index contributed by atoms with van der Waals surface area (Å²) in [6, 6.07) is 7.71. The number of hydrogen-bond donors (Lipinski definition) is 1. The number of aliphatic hydroxyl groups is 1. The molecule has 2 heterocycles. The fraction of sp³-hybridized carbons (Fsp3) is 0.667. The minimum atomic E-state index is 0.129. The van der Waals surface area contributed by atoms with Crippen LogP contribution < -0.4 is 4.74 Å². The quantitative estimate of drug-likeness (QED) is 0.780. The van der Waals surface area contributed by atoms with E-state index in [0.29, 0.717) is 12.3 Å². The maximum Gasteiger partial charge on any atom is 0.227 e. The fourth-order valence-electron chi connectivity index (χ4n) is 4.68. The van der Waals surface area contributed by atoms with Crippen LogP contribution in [-0.2, 0) is 16.0 Å². The van der Waals surface area contributed by atoms with Crippen LogP contribution in [0.5, 0.6) is 5.75 Å². The van der Waals surface area contributed by atoms with Crippen LogP contribution in [0.2, 0.25) is 0 Å². The van der Waals surface area contributed by atoms with E-state index in [1.807, 2.05) is 29.2 Å². The Morgan fingerprint density at radius 1 is 1.26 bits per heavy atom. The monoisotopic (exact) mass is 376 g/mol. The van der Waals surface area contributed by atoms with E-state index < -0.39 is 0 Å². The Hall–Kier alpha value is -1.63. The summed E-state index contributed by atoms with van der Waals surface area (Å²) >= 11 is 0. The minimum Gasteiger partial charge on any atom is -0.496 e. The second kappa shape index (κ2) is 9.04. The molecule has 2 saturated heterocycles. The number of methoxy groups -OCH3 is 2. The topological polar surface area (TPSA) is 62.2 Å². The van der Waals surface area contributed by atoms with E-state index in [-0.39, 0.29) is 17.9 Å². The van der Waals surface area contributed by atoms with Gasteiger partial charge in [-0.15, -0.1) is 0 Å². The van der Waals surface area contributed by atoms with Crippen LogP contribution in [-0.4, -0.2) is 81.0 Å². The molecule has 0 saturated carbocycles.